The predicted octanol–water partition coefficient (Wildman–Crippen LogP) is 3.50. The molecule has 0 radical (unpaired) electrons. The van der Waals surface area contributed by atoms with Crippen LogP contribution in [0.3, 0.4) is 0 Å². The third kappa shape index (κ3) is 3.88. The second-order valence-corrected chi connectivity index (χ2v) is 6.87. The number of aliphatic hydroxyl groups excluding tert-OH is 1. The van der Waals surface area contributed by atoms with Crippen LogP contribution < -0.4 is 0 Å². The van der Waals surface area contributed by atoms with Crippen LogP contribution in [-0.4, -0.2) is 47.1 Å². The largest absolute Gasteiger partial charge is 0.508 e. The van der Waals surface area contributed by atoms with Crippen LogP contribution in [0.1, 0.15) is 23.6 Å². The molecule has 0 aromatic heterocycles. The minimum absolute atomic E-state index is 0.00966. The second kappa shape index (κ2) is 8.46. The molecule has 28 heavy (non-hydrogen) atoms. The molecule has 3 rings (SSSR count). The molecule has 0 aliphatic carbocycles. The topological polar surface area (TPSA) is 87.1 Å². The van der Waals surface area contributed by atoms with Crippen molar-refractivity contribution in [1.82, 2.24) is 4.90 Å². The van der Waals surface area contributed by atoms with Crippen LogP contribution in [0, 0.1) is 0 Å². The normalized spacial score (nSPS) is 18.6. The number of rotatable bonds is 6. The standard InChI is InChI=1S/C21H20ClNO5/c1-28-12-2-11-23-18(13-5-9-16(24)10-6-13)17(20(26)21(23)27)19(25)14-3-7-15(22)8-4-14/h3-10,18,24-25H,2,11-12H2,1H3. The Morgan fingerprint density at radius 1 is 1.11 bits per heavy atom. The van der Waals surface area contributed by atoms with Crippen LogP contribution in [-0.2, 0) is 14.3 Å². The van der Waals surface area contributed by atoms with Gasteiger partial charge in [-0.2, -0.15) is 0 Å². The summed E-state index contributed by atoms with van der Waals surface area (Å²) in [5, 5.41) is 20.9. The average Bonchev–Trinajstić information content (AvgIpc) is 2.94. The van der Waals surface area contributed by atoms with Gasteiger partial charge in [-0.25, -0.2) is 0 Å². The highest BCUT2D eigenvalue weighted by Crippen LogP contribution is 2.39. The molecule has 7 heteroatoms. The van der Waals surface area contributed by atoms with Gasteiger partial charge in [-0.3, -0.25) is 9.59 Å². The number of phenols is 1. The molecule has 6 nitrogen and oxygen atoms in total. The first-order chi connectivity index (χ1) is 13.4. The molecular formula is C21H20ClNO5. The molecule has 1 aliphatic rings. The Kier molecular flexibility index (Phi) is 6.02. The molecule has 2 N–H and O–H groups in total. The predicted molar refractivity (Wildman–Crippen MR) is 105 cm³/mol. The summed E-state index contributed by atoms with van der Waals surface area (Å²) in [7, 11) is 1.56. The van der Waals surface area contributed by atoms with E-state index in [0.29, 0.717) is 35.7 Å². The molecule has 0 bridgehead atoms. The first-order valence-electron chi connectivity index (χ1n) is 8.76. The van der Waals surface area contributed by atoms with Gasteiger partial charge in [0.1, 0.15) is 11.5 Å². The van der Waals surface area contributed by atoms with E-state index in [-0.39, 0.29) is 17.1 Å². The van der Waals surface area contributed by atoms with Gasteiger partial charge in [-0.05, 0) is 48.4 Å². The maximum absolute atomic E-state index is 12.8. The highest BCUT2D eigenvalue weighted by molar-refractivity contribution is 6.46. The summed E-state index contributed by atoms with van der Waals surface area (Å²) in [5.41, 5.74) is 1.02. The van der Waals surface area contributed by atoms with Crippen LogP contribution in [0.5, 0.6) is 5.75 Å². The van der Waals surface area contributed by atoms with Crippen molar-refractivity contribution < 1.29 is 24.5 Å². The number of carbonyl (C=O) groups excluding carboxylic acids is 2. The fraction of sp³-hybridized carbons (Fsp3) is 0.238. The van der Waals surface area contributed by atoms with Crippen molar-refractivity contribution in [2.75, 3.05) is 20.3 Å². The number of halogens is 1. The Bertz CT molecular complexity index is 905. The van der Waals surface area contributed by atoms with E-state index in [1.807, 2.05) is 0 Å². The molecule has 1 aliphatic heterocycles. The molecule has 1 fully saturated rings. The Labute approximate surface area is 167 Å². The average molecular weight is 402 g/mol. The van der Waals surface area contributed by atoms with E-state index in [9.17, 15) is 19.8 Å². The van der Waals surface area contributed by atoms with Gasteiger partial charge in [0, 0.05) is 30.8 Å². The Balaban J connectivity index is 2.10. The minimum atomic E-state index is -0.756. The van der Waals surface area contributed by atoms with Gasteiger partial charge in [0.05, 0.1) is 11.6 Å². The first kappa shape index (κ1) is 19.9. The van der Waals surface area contributed by atoms with Gasteiger partial charge in [-0.15, -0.1) is 0 Å². The highest BCUT2D eigenvalue weighted by Gasteiger charge is 2.45. The fourth-order valence-electron chi connectivity index (χ4n) is 3.26. The number of phenolic OH excluding ortho intramolecular Hbond substituents is 1. The van der Waals surface area contributed by atoms with Crippen molar-refractivity contribution in [1.29, 1.82) is 0 Å². The summed E-state index contributed by atoms with van der Waals surface area (Å²) in [6.45, 7) is 0.726. The van der Waals surface area contributed by atoms with E-state index >= 15 is 0 Å². The van der Waals surface area contributed by atoms with Crippen LogP contribution in [0.25, 0.3) is 5.76 Å². The van der Waals surface area contributed by atoms with Crippen molar-refractivity contribution >= 4 is 29.1 Å². The molecular weight excluding hydrogens is 382 g/mol. The number of aromatic hydroxyl groups is 1. The zero-order valence-electron chi connectivity index (χ0n) is 15.3. The van der Waals surface area contributed by atoms with Crippen molar-refractivity contribution in [3.05, 3.63) is 70.3 Å². The smallest absolute Gasteiger partial charge is 0.295 e. The first-order valence-corrected chi connectivity index (χ1v) is 9.14. The SMILES string of the molecule is COCCCN1C(=O)C(=O)C(=C(O)c2ccc(Cl)cc2)C1c1ccc(O)cc1. The molecule has 1 amide bonds. The maximum atomic E-state index is 12.8. The third-order valence-corrected chi connectivity index (χ3v) is 4.87. The summed E-state index contributed by atoms with van der Waals surface area (Å²) >= 11 is 5.90. The van der Waals surface area contributed by atoms with E-state index in [1.54, 1.807) is 43.5 Å². The molecule has 0 saturated carbocycles. The molecule has 2 aromatic rings. The lowest BCUT2D eigenvalue weighted by Crippen LogP contribution is -2.31. The van der Waals surface area contributed by atoms with E-state index in [1.165, 1.54) is 17.0 Å². The van der Waals surface area contributed by atoms with Gasteiger partial charge in [-0.1, -0.05) is 23.7 Å². The van der Waals surface area contributed by atoms with Crippen LogP contribution in [0.15, 0.2) is 54.1 Å². The van der Waals surface area contributed by atoms with Crippen LogP contribution >= 0.6 is 11.6 Å². The van der Waals surface area contributed by atoms with Crippen molar-refractivity contribution in [3.63, 3.8) is 0 Å². The zero-order chi connectivity index (χ0) is 20.3. The van der Waals surface area contributed by atoms with Crippen molar-refractivity contribution in [2.24, 2.45) is 0 Å². The molecule has 0 spiro atoms. The molecule has 1 heterocycles. The fourth-order valence-corrected chi connectivity index (χ4v) is 3.38. The summed E-state index contributed by atoms with van der Waals surface area (Å²) < 4.78 is 5.05. The Morgan fingerprint density at radius 2 is 1.75 bits per heavy atom. The number of likely N-dealkylation sites (tertiary alicyclic amines) is 1. The molecule has 146 valence electrons. The maximum Gasteiger partial charge on any atom is 0.295 e. The van der Waals surface area contributed by atoms with Crippen molar-refractivity contribution in [3.8, 4) is 5.75 Å². The van der Waals surface area contributed by atoms with Gasteiger partial charge < -0.3 is 19.8 Å². The molecule has 1 unspecified atom stereocenters. The minimum Gasteiger partial charge on any atom is -0.508 e. The Morgan fingerprint density at radius 3 is 2.36 bits per heavy atom. The number of methoxy groups -OCH3 is 1. The van der Waals surface area contributed by atoms with E-state index in [4.69, 9.17) is 16.3 Å². The number of hydrogen-bond donors (Lipinski definition) is 2. The number of hydrogen-bond acceptors (Lipinski definition) is 5. The molecule has 1 atom stereocenters. The number of ketones is 1. The number of carbonyl (C=O) groups is 2. The summed E-state index contributed by atoms with van der Waals surface area (Å²) in [5.74, 6) is -1.62. The van der Waals surface area contributed by atoms with E-state index in [0.717, 1.165) is 0 Å². The number of nitrogens with zero attached hydrogens (tertiary/aromatic N) is 1. The van der Waals surface area contributed by atoms with Gasteiger partial charge in [0.15, 0.2) is 0 Å². The lowest BCUT2D eigenvalue weighted by Gasteiger charge is -2.25. The van der Waals surface area contributed by atoms with E-state index in [2.05, 4.69) is 0 Å². The van der Waals surface area contributed by atoms with Crippen LogP contribution in [0.2, 0.25) is 5.02 Å². The summed E-state index contributed by atoms with van der Waals surface area (Å²) in [6.07, 6.45) is 0.541. The highest BCUT2D eigenvalue weighted by atomic mass is 35.5. The zero-order valence-corrected chi connectivity index (χ0v) is 16.0. The monoisotopic (exact) mass is 401 g/mol. The van der Waals surface area contributed by atoms with Gasteiger partial charge in [0.2, 0.25) is 0 Å². The van der Waals surface area contributed by atoms with Crippen molar-refractivity contribution in [2.45, 2.75) is 12.5 Å². The number of benzene rings is 2. The summed E-state index contributed by atoms with van der Waals surface area (Å²) in [6, 6.07) is 11.8. The second-order valence-electron chi connectivity index (χ2n) is 6.44. The third-order valence-electron chi connectivity index (χ3n) is 4.61. The lowest BCUT2D eigenvalue weighted by molar-refractivity contribution is -0.140. The van der Waals surface area contributed by atoms with Crippen LogP contribution in [0.4, 0.5) is 0 Å². The number of ether oxygens (including phenoxy) is 1. The van der Waals surface area contributed by atoms with E-state index < -0.39 is 17.7 Å². The molecule has 2 aromatic carbocycles. The number of amides is 1. The number of Topliss-reactive ketones (excluding diaryl/α,β-unsaturated/α-hetero) is 1. The summed E-state index contributed by atoms with van der Waals surface area (Å²) in [4.78, 5) is 26.9. The lowest BCUT2D eigenvalue weighted by atomic mass is 9.95. The quantitative estimate of drug-likeness (QED) is 0.335. The van der Waals surface area contributed by atoms with Gasteiger partial charge >= 0.3 is 0 Å². The Hall–Kier alpha value is -2.83. The molecule has 1 saturated heterocycles. The number of aliphatic hydroxyl groups is 1. The van der Waals surface area contributed by atoms with Gasteiger partial charge in [0.25, 0.3) is 11.7 Å².